The molecule has 8 heteroatoms. The zero-order valence-electron chi connectivity index (χ0n) is 21.3. The molecule has 3 heterocycles. The van der Waals surface area contributed by atoms with Crippen molar-refractivity contribution in [1.29, 1.82) is 0 Å². The number of halogens is 1. The van der Waals surface area contributed by atoms with Gasteiger partial charge in [-0.2, -0.15) is 0 Å². The topological polar surface area (TPSA) is 55.9 Å². The third kappa shape index (κ3) is 5.40. The van der Waals surface area contributed by atoms with E-state index in [-0.39, 0.29) is 17.9 Å². The van der Waals surface area contributed by atoms with Gasteiger partial charge in [-0.1, -0.05) is 41.9 Å². The predicted octanol–water partition coefficient (Wildman–Crippen LogP) is 4.95. The maximum atomic E-state index is 13.6. The van der Waals surface area contributed by atoms with Crippen LogP contribution in [0.2, 0.25) is 5.02 Å². The van der Waals surface area contributed by atoms with Gasteiger partial charge < -0.3 is 15.1 Å². The first-order valence-electron chi connectivity index (χ1n) is 12.8. The van der Waals surface area contributed by atoms with Gasteiger partial charge in [0.1, 0.15) is 0 Å². The third-order valence-corrected chi connectivity index (χ3v) is 8.71. The number of thiophene rings is 1. The molecule has 1 saturated heterocycles. The molecule has 2 amide bonds. The van der Waals surface area contributed by atoms with Gasteiger partial charge in [-0.05, 0) is 60.7 Å². The summed E-state index contributed by atoms with van der Waals surface area (Å²) < 4.78 is 0. The first kappa shape index (κ1) is 25.8. The second kappa shape index (κ2) is 11.3. The highest BCUT2D eigenvalue weighted by Crippen LogP contribution is 2.43. The van der Waals surface area contributed by atoms with Crippen LogP contribution in [0.5, 0.6) is 0 Å². The molecule has 1 fully saturated rings. The Hall–Kier alpha value is -2.87. The molecule has 1 aromatic heterocycles. The van der Waals surface area contributed by atoms with E-state index in [4.69, 9.17) is 11.6 Å². The largest absolute Gasteiger partial charge is 0.369 e. The first-order chi connectivity index (χ1) is 17.9. The van der Waals surface area contributed by atoms with E-state index in [1.165, 1.54) is 11.3 Å². The Morgan fingerprint density at radius 1 is 1.08 bits per heavy atom. The molecular formula is C29H33ClN4O2S. The molecule has 2 aliphatic rings. The number of anilines is 1. The van der Waals surface area contributed by atoms with Crippen LogP contribution < -0.4 is 10.2 Å². The van der Waals surface area contributed by atoms with Gasteiger partial charge in [0.25, 0.3) is 5.91 Å². The lowest BCUT2D eigenvalue weighted by Gasteiger charge is -2.39. The zero-order chi connectivity index (χ0) is 25.9. The van der Waals surface area contributed by atoms with Crippen molar-refractivity contribution in [3.05, 3.63) is 86.6 Å². The fourth-order valence-corrected chi connectivity index (χ4v) is 6.60. The van der Waals surface area contributed by atoms with Gasteiger partial charge >= 0.3 is 0 Å². The van der Waals surface area contributed by atoms with Gasteiger partial charge in [-0.25, -0.2) is 0 Å². The molecule has 0 spiro atoms. The Labute approximate surface area is 227 Å². The van der Waals surface area contributed by atoms with Crippen molar-refractivity contribution in [3.8, 4) is 0 Å². The highest BCUT2D eigenvalue weighted by Gasteiger charge is 2.42. The number of aryl methyl sites for hydroxylation is 1. The minimum atomic E-state index is -0.429. The van der Waals surface area contributed by atoms with Gasteiger partial charge in [0.15, 0.2) is 0 Å². The summed E-state index contributed by atoms with van der Waals surface area (Å²) in [6.45, 7) is 7.59. The van der Waals surface area contributed by atoms with E-state index in [1.54, 1.807) is 23.3 Å². The number of rotatable bonds is 7. The summed E-state index contributed by atoms with van der Waals surface area (Å²) in [5, 5.41) is 5.96. The molecule has 0 saturated carbocycles. The van der Waals surface area contributed by atoms with E-state index in [2.05, 4.69) is 34.2 Å². The number of nitrogens with zero attached hydrogens (tertiary/aromatic N) is 3. The van der Waals surface area contributed by atoms with E-state index in [1.807, 2.05) is 47.8 Å². The van der Waals surface area contributed by atoms with Crippen LogP contribution in [0.1, 0.15) is 44.7 Å². The van der Waals surface area contributed by atoms with Crippen LogP contribution in [0, 0.1) is 6.92 Å². The molecule has 0 unspecified atom stereocenters. The van der Waals surface area contributed by atoms with Crippen LogP contribution in [0.25, 0.3) is 0 Å². The van der Waals surface area contributed by atoms with Crippen molar-refractivity contribution in [2.24, 2.45) is 0 Å². The van der Waals surface area contributed by atoms with Crippen molar-refractivity contribution >= 4 is 40.4 Å². The monoisotopic (exact) mass is 536 g/mol. The molecule has 1 N–H and O–H groups in total. The molecule has 0 aliphatic carbocycles. The van der Waals surface area contributed by atoms with Gasteiger partial charge in [-0.3, -0.25) is 14.5 Å². The molecule has 194 valence electrons. The molecule has 37 heavy (non-hydrogen) atoms. The number of hydrogen-bond donors (Lipinski definition) is 1. The second-order valence-electron chi connectivity index (χ2n) is 9.85. The Kier molecular flexibility index (Phi) is 7.84. The summed E-state index contributed by atoms with van der Waals surface area (Å²) in [4.78, 5) is 34.2. The number of benzene rings is 2. The molecule has 2 atom stereocenters. The molecule has 2 aliphatic heterocycles. The highest BCUT2D eigenvalue weighted by molar-refractivity contribution is 7.10. The van der Waals surface area contributed by atoms with Gasteiger partial charge in [0, 0.05) is 60.9 Å². The van der Waals surface area contributed by atoms with Crippen LogP contribution in [0.3, 0.4) is 0 Å². The number of carbonyl (C=O) groups is 2. The summed E-state index contributed by atoms with van der Waals surface area (Å²) in [5.74, 6) is -0.487. The number of fused-ring (bicyclic) bond motifs is 1. The van der Waals surface area contributed by atoms with E-state index >= 15 is 0 Å². The highest BCUT2D eigenvalue weighted by atomic mass is 35.5. The first-order valence-corrected chi connectivity index (χ1v) is 14.1. The molecule has 6 nitrogen and oxygen atoms in total. The summed E-state index contributed by atoms with van der Waals surface area (Å²) >= 11 is 7.81. The molecule has 5 rings (SSSR count). The van der Waals surface area contributed by atoms with Crippen molar-refractivity contribution < 1.29 is 9.59 Å². The summed E-state index contributed by atoms with van der Waals surface area (Å²) in [6, 6.07) is 17.3. The van der Waals surface area contributed by atoms with Crippen molar-refractivity contribution in [2.45, 2.75) is 25.3 Å². The number of hydrogen-bond acceptors (Lipinski definition) is 5. The Morgan fingerprint density at radius 2 is 1.86 bits per heavy atom. The van der Waals surface area contributed by atoms with Crippen molar-refractivity contribution in [3.63, 3.8) is 0 Å². The predicted molar refractivity (Wildman–Crippen MR) is 151 cm³/mol. The van der Waals surface area contributed by atoms with Gasteiger partial charge in [0.2, 0.25) is 5.91 Å². The van der Waals surface area contributed by atoms with Crippen LogP contribution in [0.4, 0.5) is 5.69 Å². The molecule has 0 radical (unpaired) electrons. The average molecular weight is 537 g/mol. The maximum absolute atomic E-state index is 13.6. The maximum Gasteiger partial charge on any atom is 0.254 e. The number of piperazine rings is 1. The van der Waals surface area contributed by atoms with E-state index in [0.29, 0.717) is 12.1 Å². The van der Waals surface area contributed by atoms with E-state index in [0.717, 1.165) is 54.6 Å². The summed E-state index contributed by atoms with van der Waals surface area (Å²) in [7, 11) is 1.80. The number of likely N-dealkylation sites (N-methyl/N-ethyl adjacent to an activating group) is 1. The minimum absolute atomic E-state index is 0.0218. The number of amides is 2. The molecule has 2 aromatic carbocycles. The zero-order valence-corrected chi connectivity index (χ0v) is 22.9. The fourth-order valence-electron chi connectivity index (χ4n) is 5.53. The lowest BCUT2D eigenvalue weighted by molar-refractivity contribution is -0.124. The normalized spacial score (nSPS) is 20.1. The minimum Gasteiger partial charge on any atom is -0.369 e. The quantitative estimate of drug-likeness (QED) is 0.434. The number of carbonyl (C=O) groups excluding carboxylic acids is 2. The summed E-state index contributed by atoms with van der Waals surface area (Å²) in [5.41, 5.74) is 3.90. The van der Waals surface area contributed by atoms with Crippen molar-refractivity contribution in [1.82, 2.24) is 15.1 Å². The fraction of sp³-hybridized carbons (Fsp3) is 0.379. The number of nitrogens with one attached hydrogen (secondary N) is 1. The molecular weight excluding hydrogens is 504 g/mol. The van der Waals surface area contributed by atoms with Gasteiger partial charge in [0.05, 0.1) is 12.0 Å². The van der Waals surface area contributed by atoms with Crippen LogP contribution >= 0.6 is 22.9 Å². The molecule has 3 aromatic rings. The van der Waals surface area contributed by atoms with E-state index in [9.17, 15) is 9.59 Å². The van der Waals surface area contributed by atoms with Crippen LogP contribution in [-0.4, -0.2) is 67.9 Å². The Morgan fingerprint density at radius 3 is 2.62 bits per heavy atom. The SMILES string of the molecule is Cc1ccc(Cl)cc1N1CCN(CCCNC(=O)[C@@H]2c3ccccc3C(=O)N(C)[C@@H]2c2cccs2)CC1. The average Bonchev–Trinajstić information content (AvgIpc) is 3.45. The Bertz CT molecular complexity index is 1260. The third-order valence-electron chi connectivity index (χ3n) is 7.53. The Balaban J connectivity index is 1.17. The van der Waals surface area contributed by atoms with Gasteiger partial charge in [-0.15, -0.1) is 11.3 Å². The smallest absolute Gasteiger partial charge is 0.254 e. The molecule has 0 bridgehead atoms. The second-order valence-corrected chi connectivity index (χ2v) is 11.3. The van der Waals surface area contributed by atoms with E-state index < -0.39 is 5.92 Å². The van der Waals surface area contributed by atoms with Crippen LogP contribution in [0.15, 0.2) is 60.0 Å². The van der Waals surface area contributed by atoms with Crippen molar-refractivity contribution in [2.75, 3.05) is 51.2 Å². The van der Waals surface area contributed by atoms with Crippen LogP contribution in [-0.2, 0) is 4.79 Å². The lowest BCUT2D eigenvalue weighted by Crippen LogP contribution is -2.47. The lowest BCUT2D eigenvalue weighted by atomic mass is 9.81. The summed E-state index contributed by atoms with van der Waals surface area (Å²) in [6.07, 6.45) is 0.884. The standard InChI is InChI=1S/C29H33ClN4O2S/c1-20-10-11-21(30)19-24(20)34-16-14-33(15-17-34)13-6-12-31-28(35)26-22-7-3-4-8-23(22)29(36)32(2)27(26)25-9-5-18-37-25/h3-5,7-11,18-19,26-27H,6,12-17H2,1-2H3,(H,31,35)/t26-,27-/m1/s1.